The number of rotatable bonds is 6. The summed E-state index contributed by atoms with van der Waals surface area (Å²) in [5.74, 6) is 2.35. The van der Waals surface area contributed by atoms with Crippen molar-refractivity contribution in [2.24, 2.45) is 23.2 Å². The highest BCUT2D eigenvalue weighted by Crippen LogP contribution is 2.59. The molecule has 29 heavy (non-hydrogen) atoms. The average molecular weight is 419 g/mol. The second-order valence-corrected chi connectivity index (χ2v) is 11.4. The van der Waals surface area contributed by atoms with Crippen LogP contribution < -0.4 is 10.2 Å². The molecule has 1 aromatic carbocycles. The molecule has 0 aliphatic heterocycles. The van der Waals surface area contributed by atoms with Gasteiger partial charge in [0.1, 0.15) is 11.0 Å². The van der Waals surface area contributed by atoms with Gasteiger partial charge in [-0.15, -0.1) is 5.10 Å². The van der Waals surface area contributed by atoms with E-state index in [1.165, 1.54) is 50.7 Å². The Morgan fingerprint density at radius 2 is 1.86 bits per heavy atom. The van der Waals surface area contributed by atoms with E-state index >= 15 is 0 Å². The fourth-order valence-corrected chi connectivity index (χ4v) is 6.81. The maximum absolute atomic E-state index is 12.4. The fraction of sp³-hybridized carbons (Fsp3) is 0.650. The summed E-state index contributed by atoms with van der Waals surface area (Å²) < 4.78 is 23.5. The third-order valence-electron chi connectivity index (χ3n) is 6.96. The number of hydrogen-bond donors (Lipinski definition) is 1. The first-order chi connectivity index (χ1) is 13.8. The normalized spacial score (nSPS) is 30.6. The van der Waals surface area contributed by atoms with Gasteiger partial charge >= 0.3 is 0 Å². The van der Waals surface area contributed by atoms with Crippen molar-refractivity contribution in [2.45, 2.75) is 43.4 Å². The number of benzene rings is 1. The Kier molecular flexibility index (Phi) is 4.34. The molecule has 6 rings (SSSR count). The topological polar surface area (TPSA) is 103 Å². The van der Waals surface area contributed by atoms with Crippen molar-refractivity contribution >= 4 is 26.8 Å². The minimum atomic E-state index is -3.35. The molecule has 0 atom stereocenters. The Morgan fingerprint density at radius 3 is 2.48 bits per heavy atom. The van der Waals surface area contributed by atoms with Gasteiger partial charge in [-0.2, -0.15) is 0 Å². The van der Waals surface area contributed by atoms with Crippen LogP contribution in [-0.2, 0) is 14.6 Å². The number of nitrogens with one attached hydrogen (secondary N) is 1. The molecule has 1 amide bonds. The summed E-state index contributed by atoms with van der Waals surface area (Å²) in [5, 5.41) is 10.9. The van der Waals surface area contributed by atoms with Gasteiger partial charge in [-0.1, -0.05) is 4.85 Å². The lowest BCUT2D eigenvalue weighted by Crippen LogP contribution is -2.51. The molecule has 0 radical (unpaired) electrons. The van der Waals surface area contributed by atoms with E-state index in [-0.39, 0.29) is 22.8 Å². The van der Waals surface area contributed by atoms with Gasteiger partial charge in [0, 0.05) is 12.8 Å². The third-order valence-corrected chi connectivity index (χ3v) is 8.07. The van der Waals surface area contributed by atoms with Crippen LogP contribution in [0.3, 0.4) is 0 Å². The average Bonchev–Trinajstić information content (AvgIpc) is 3.05. The van der Waals surface area contributed by atoms with Gasteiger partial charge in [-0.05, 0) is 85.1 Å². The molecule has 4 aliphatic rings. The number of nitrogens with zero attached hydrogens (tertiary/aromatic N) is 3. The minimum absolute atomic E-state index is 0.156. The standard InChI is InChI=1S/C20H26N4O4S/c1-29(26,27)16-2-3-17-18(7-16)24(23-22-17)28-11-19(25)21-12-20-8-13-4-14(9-20)6-15(5-13)10-20/h2-3,7,13-15H,4-6,8-12H2,1H3,(H,21,25). The van der Waals surface area contributed by atoms with Gasteiger partial charge in [-0.25, -0.2) is 8.42 Å². The Morgan fingerprint density at radius 1 is 1.21 bits per heavy atom. The predicted octanol–water partition coefficient (Wildman–Crippen LogP) is 1.60. The van der Waals surface area contributed by atoms with E-state index < -0.39 is 9.84 Å². The minimum Gasteiger partial charge on any atom is -0.385 e. The van der Waals surface area contributed by atoms with E-state index in [9.17, 15) is 13.2 Å². The van der Waals surface area contributed by atoms with Gasteiger partial charge in [0.05, 0.1) is 4.90 Å². The zero-order valence-electron chi connectivity index (χ0n) is 16.5. The van der Waals surface area contributed by atoms with Crippen LogP contribution in [0.1, 0.15) is 38.5 Å². The Bertz CT molecular complexity index is 1030. The predicted molar refractivity (Wildman–Crippen MR) is 106 cm³/mol. The first kappa shape index (κ1) is 18.8. The fourth-order valence-electron chi connectivity index (χ4n) is 6.17. The number of aromatic nitrogens is 3. The van der Waals surface area contributed by atoms with Crippen molar-refractivity contribution in [3.05, 3.63) is 18.2 Å². The highest BCUT2D eigenvalue weighted by molar-refractivity contribution is 7.90. The molecule has 156 valence electrons. The van der Waals surface area contributed by atoms with Crippen LogP contribution in [0, 0.1) is 23.2 Å². The molecule has 4 fully saturated rings. The van der Waals surface area contributed by atoms with Crippen LogP contribution in [0.15, 0.2) is 23.1 Å². The van der Waals surface area contributed by atoms with E-state index in [2.05, 4.69) is 15.6 Å². The van der Waals surface area contributed by atoms with Crippen molar-refractivity contribution in [3.8, 4) is 0 Å². The van der Waals surface area contributed by atoms with Crippen LogP contribution in [-0.4, -0.2) is 48.9 Å². The molecule has 0 spiro atoms. The third kappa shape index (κ3) is 3.60. The van der Waals surface area contributed by atoms with Crippen LogP contribution >= 0.6 is 0 Å². The van der Waals surface area contributed by atoms with Crippen molar-refractivity contribution < 1.29 is 18.0 Å². The molecule has 1 heterocycles. The number of carbonyl (C=O) groups excluding carboxylic acids is 1. The second-order valence-electron chi connectivity index (χ2n) is 9.35. The summed E-state index contributed by atoms with van der Waals surface area (Å²) in [6.45, 7) is 0.531. The van der Waals surface area contributed by atoms with Crippen molar-refractivity contribution in [2.75, 3.05) is 19.4 Å². The molecular formula is C20H26N4O4S. The molecule has 1 aromatic heterocycles. The van der Waals surface area contributed by atoms with Gasteiger partial charge < -0.3 is 10.2 Å². The van der Waals surface area contributed by atoms with Crippen molar-refractivity contribution in [3.63, 3.8) is 0 Å². The van der Waals surface area contributed by atoms with Crippen LogP contribution in [0.4, 0.5) is 0 Å². The maximum Gasteiger partial charge on any atom is 0.260 e. The summed E-state index contributed by atoms with van der Waals surface area (Å²) in [6, 6.07) is 4.51. The molecule has 2 aromatic rings. The number of amides is 1. The first-order valence-corrected chi connectivity index (χ1v) is 12.1. The molecule has 4 bridgehead atoms. The number of sulfone groups is 1. The van der Waals surface area contributed by atoms with E-state index in [1.807, 2.05) is 0 Å². The molecule has 4 saturated carbocycles. The monoisotopic (exact) mass is 418 g/mol. The first-order valence-electron chi connectivity index (χ1n) is 10.3. The molecule has 8 nitrogen and oxygen atoms in total. The second kappa shape index (κ2) is 6.68. The quantitative estimate of drug-likeness (QED) is 0.764. The number of carbonyl (C=O) groups is 1. The van der Waals surface area contributed by atoms with Gasteiger partial charge in [0.25, 0.3) is 5.91 Å². The van der Waals surface area contributed by atoms with Gasteiger partial charge in [0.15, 0.2) is 16.4 Å². The zero-order valence-corrected chi connectivity index (χ0v) is 17.3. The molecule has 9 heteroatoms. The van der Waals surface area contributed by atoms with Gasteiger partial charge in [-0.3, -0.25) is 4.79 Å². The molecule has 0 saturated heterocycles. The Balaban J connectivity index is 1.21. The number of hydrogen-bond acceptors (Lipinski definition) is 6. The van der Waals surface area contributed by atoms with E-state index in [0.717, 1.165) is 35.4 Å². The van der Waals surface area contributed by atoms with Crippen LogP contribution in [0.25, 0.3) is 11.0 Å². The van der Waals surface area contributed by atoms with Crippen molar-refractivity contribution in [1.82, 2.24) is 20.5 Å². The van der Waals surface area contributed by atoms with Crippen LogP contribution in [0.2, 0.25) is 0 Å². The van der Waals surface area contributed by atoms with Crippen molar-refractivity contribution in [1.29, 1.82) is 0 Å². The molecular weight excluding hydrogens is 392 g/mol. The summed E-state index contributed by atoms with van der Waals surface area (Å²) >= 11 is 0. The molecule has 0 unspecified atom stereocenters. The van der Waals surface area contributed by atoms with Crippen LogP contribution in [0.5, 0.6) is 0 Å². The van der Waals surface area contributed by atoms with Gasteiger partial charge in [0.2, 0.25) is 0 Å². The molecule has 1 N–H and O–H groups in total. The number of fused-ring (bicyclic) bond motifs is 1. The lowest BCUT2D eigenvalue weighted by molar-refractivity contribution is -0.128. The summed E-state index contributed by atoms with van der Waals surface area (Å²) in [5.41, 5.74) is 1.20. The summed E-state index contributed by atoms with van der Waals surface area (Å²) in [7, 11) is -3.35. The highest BCUT2D eigenvalue weighted by Gasteiger charge is 2.50. The smallest absolute Gasteiger partial charge is 0.260 e. The lowest BCUT2D eigenvalue weighted by atomic mass is 9.49. The SMILES string of the molecule is CS(=O)(=O)c1ccc2nnn(OCC(=O)NCC34CC5CC(CC(C5)C3)C4)c2c1. The summed E-state index contributed by atoms with van der Waals surface area (Å²) in [4.78, 5) is 19.2. The summed E-state index contributed by atoms with van der Waals surface area (Å²) in [6.07, 6.45) is 8.99. The van der Waals surface area contributed by atoms with E-state index in [1.54, 1.807) is 6.07 Å². The van der Waals surface area contributed by atoms with E-state index in [0.29, 0.717) is 11.0 Å². The largest absolute Gasteiger partial charge is 0.385 e. The Labute approximate surface area is 169 Å². The highest BCUT2D eigenvalue weighted by atomic mass is 32.2. The Hall–Kier alpha value is -2.16. The zero-order chi connectivity index (χ0) is 20.2. The lowest BCUT2D eigenvalue weighted by Gasteiger charge is -2.56. The molecule has 4 aliphatic carbocycles. The van der Waals surface area contributed by atoms with E-state index in [4.69, 9.17) is 4.84 Å². The maximum atomic E-state index is 12.4.